The van der Waals surface area contributed by atoms with Gasteiger partial charge < -0.3 is 10.3 Å². The first-order chi connectivity index (χ1) is 9.45. The molecule has 0 aliphatic carbocycles. The Kier molecular flexibility index (Phi) is 3.99. The van der Waals surface area contributed by atoms with Crippen LogP contribution < -0.4 is 10.0 Å². The Hall–Kier alpha value is -2.02. The fourth-order valence-corrected chi connectivity index (χ4v) is 3.39. The number of benzene rings is 1. The summed E-state index contributed by atoms with van der Waals surface area (Å²) in [4.78, 5) is 3.94. The normalized spacial score (nSPS) is 11.5. The third kappa shape index (κ3) is 2.77. The Balaban J connectivity index is 2.44. The predicted molar refractivity (Wildman–Crippen MR) is 78.9 cm³/mol. The van der Waals surface area contributed by atoms with E-state index < -0.39 is 10.0 Å². The minimum absolute atomic E-state index is 0.0466. The van der Waals surface area contributed by atoms with Crippen molar-refractivity contribution in [2.75, 3.05) is 16.6 Å². The van der Waals surface area contributed by atoms with E-state index in [1.807, 2.05) is 6.92 Å². The molecule has 20 heavy (non-hydrogen) atoms. The number of nitrogens with zero attached hydrogens (tertiary/aromatic N) is 3. The molecule has 0 aliphatic rings. The van der Waals surface area contributed by atoms with Gasteiger partial charge in [-0.15, -0.1) is 0 Å². The Bertz CT molecular complexity index is 677. The number of aromatic nitrogens is 2. The number of hydrogen-bond donors (Lipinski definition) is 1. The third-order valence-corrected chi connectivity index (χ3v) is 4.56. The van der Waals surface area contributed by atoms with Gasteiger partial charge in [-0.25, -0.2) is 4.98 Å². The summed E-state index contributed by atoms with van der Waals surface area (Å²) in [6.07, 6.45) is 3.67. The van der Waals surface area contributed by atoms with Gasteiger partial charge in [0, 0.05) is 25.5 Å². The van der Waals surface area contributed by atoms with E-state index in [-0.39, 0.29) is 5.03 Å². The highest BCUT2D eigenvalue weighted by molar-refractivity contribution is 7.92. The smallest absolute Gasteiger partial charge is 0.283 e. The van der Waals surface area contributed by atoms with E-state index in [4.69, 9.17) is 5.73 Å². The third-order valence-electron chi connectivity index (χ3n) is 2.84. The summed E-state index contributed by atoms with van der Waals surface area (Å²) in [6, 6.07) is 6.77. The molecule has 0 spiro atoms. The van der Waals surface area contributed by atoms with Gasteiger partial charge >= 0.3 is 0 Å². The van der Waals surface area contributed by atoms with Crippen molar-refractivity contribution in [2.45, 2.75) is 18.4 Å². The highest BCUT2D eigenvalue weighted by atomic mass is 32.2. The number of sulfonamides is 1. The van der Waals surface area contributed by atoms with Gasteiger partial charge in [0.25, 0.3) is 10.0 Å². The molecule has 0 saturated heterocycles. The van der Waals surface area contributed by atoms with E-state index in [1.54, 1.807) is 35.9 Å². The van der Waals surface area contributed by atoms with Crippen LogP contribution in [0.15, 0.2) is 41.8 Å². The second-order valence-corrected chi connectivity index (χ2v) is 6.36. The molecule has 2 aromatic rings. The molecular weight excluding hydrogens is 276 g/mol. The average molecular weight is 294 g/mol. The second kappa shape index (κ2) is 5.54. The molecule has 0 aliphatic heterocycles. The maximum atomic E-state index is 12.6. The topological polar surface area (TPSA) is 81.2 Å². The van der Waals surface area contributed by atoms with Crippen molar-refractivity contribution in [3.8, 4) is 0 Å². The summed E-state index contributed by atoms with van der Waals surface area (Å²) >= 11 is 0. The van der Waals surface area contributed by atoms with E-state index in [0.29, 0.717) is 24.3 Å². The van der Waals surface area contributed by atoms with Crippen LogP contribution in [0.4, 0.5) is 11.4 Å². The van der Waals surface area contributed by atoms with Crippen LogP contribution >= 0.6 is 0 Å². The van der Waals surface area contributed by atoms with Crippen molar-refractivity contribution in [3.63, 3.8) is 0 Å². The Morgan fingerprint density at radius 2 is 1.95 bits per heavy atom. The number of hydrogen-bond acceptors (Lipinski definition) is 4. The van der Waals surface area contributed by atoms with E-state index in [1.165, 1.54) is 16.8 Å². The lowest BCUT2D eigenvalue weighted by Gasteiger charge is -2.22. The number of anilines is 2. The van der Waals surface area contributed by atoms with Crippen molar-refractivity contribution in [3.05, 3.63) is 36.8 Å². The van der Waals surface area contributed by atoms with Crippen molar-refractivity contribution < 1.29 is 8.42 Å². The molecule has 0 amide bonds. The zero-order valence-corrected chi connectivity index (χ0v) is 12.3. The molecule has 0 saturated carbocycles. The van der Waals surface area contributed by atoms with Gasteiger partial charge in [-0.2, -0.15) is 8.42 Å². The maximum absolute atomic E-state index is 12.6. The van der Waals surface area contributed by atoms with E-state index in [2.05, 4.69) is 4.98 Å². The Morgan fingerprint density at radius 1 is 1.30 bits per heavy atom. The van der Waals surface area contributed by atoms with Crippen molar-refractivity contribution in [1.82, 2.24) is 9.55 Å². The molecule has 6 nitrogen and oxygen atoms in total. The first-order valence-corrected chi connectivity index (χ1v) is 7.75. The predicted octanol–water partition coefficient (Wildman–Crippen LogP) is 1.61. The van der Waals surface area contributed by atoms with Gasteiger partial charge in [-0.05, 0) is 30.7 Å². The first kappa shape index (κ1) is 14.4. The van der Waals surface area contributed by atoms with Gasteiger partial charge in [-0.1, -0.05) is 6.92 Å². The van der Waals surface area contributed by atoms with Crippen LogP contribution in [-0.4, -0.2) is 24.5 Å². The maximum Gasteiger partial charge on any atom is 0.283 e. The zero-order chi connectivity index (χ0) is 14.8. The second-order valence-electron chi connectivity index (χ2n) is 4.55. The summed E-state index contributed by atoms with van der Waals surface area (Å²) in [6.45, 7) is 2.32. The number of nitrogens with two attached hydrogens (primary N) is 1. The quantitative estimate of drug-likeness (QED) is 0.849. The summed E-state index contributed by atoms with van der Waals surface area (Å²) in [7, 11) is -1.91. The molecule has 2 N–H and O–H groups in total. The van der Waals surface area contributed by atoms with Crippen LogP contribution in [0.3, 0.4) is 0 Å². The van der Waals surface area contributed by atoms with Crippen LogP contribution in [0.2, 0.25) is 0 Å². The number of rotatable bonds is 5. The van der Waals surface area contributed by atoms with E-state index in [9.17, 15) is 8.42 Å². The largest absolute Gasteiger partial charge is 0.399 e. The van der Waals surface area contributed by atoms with Gasteiger partial charge in [0.2, 0.25) is 0 Å². The monoisotopic (exact) mass is 294 g/mol. The Labute approximate surface area is 118 Å². The molecule has 0 atom stereocenters. The van der Waals surface area contributed by atoms with E-state index in [0.717, 1.165) is 0 Å². The number of aryl methyl sites for hydroxylation is 1. The van der Waals surface area contributed by atoms with Gasteiger partial charge in [0.05, 0.1) is 12.0 Å². The van der Waals surface area contributed by atoms with E-state index >= 15 is 0 Å². The summed E-state index contributed by atoms with van der Waals surface area (Å²) < 4.78 is 28.2. The molecule has 2 rings (SSSR count). The lowest BCUT2D eigenvalue weighted by Crippen LogP contribution is -2.32. The van der Waals surface area contributed by atoms with Crippen molar-refractivity contribution in [1.29, 1.82) is 0 Å². The van der Waals surface area contributed by atoms with Gasteiger partial charge in [0.15, 0.2) is 5.03 Å². The molecular formula is C13H18N4O2S. The van der Waals surface area contributed by atoms with Crippen LogP contribution in [0.5, 0.6) is 0 Å². The SMILES string of the molecule is CCCN(c1ccc(N)cc1)S(=O)(=O)c1cn(C)cn1. The molecule has 1 aromatic carbocycles. The molecule has 0 bridgehead atoms. The average Bonchev–Trinajstić information content (AvgIpc) is 2.84. The lowest BCUT2D eigenvalue weighted by molar-refractivity contribution is 0.587. The first-order valence-electron chi connectivity index (χ1n) is 6.31. The highest BCUT2D eigenvalue weighted by Gasteiger charge is 2.26. The number of imidazole rings is 1. The van der Waals surface area contributed by atoms with Crippen LogP contribution in [0.1, 0.15) is 13.3 Å². The molecule has 0 fully saturated rings. The van der Waals surface area contributed by atoms with Crippen molar-refractivity contribution >= 4 is 21.4 Å². The molecule has 1 heterocycles. The zero-order valence-electron chi connectivity index (χ0n) is 11.5. The molecule has 1 aromatic heterocycles. The summed E-state index contributed by atoms with van der Waals surface area (Å²) in [5, 5.41) is 0.0466. The molecule has 108 valence electrons. The number of nitrogen functional groups attached to an aromatic ring is 1. The minimum atomic E-state index is -3.65. The standard InChI is InChI=1S/C13H18N4O2S/c1-3-8-17(12-6-4-11(14)5-7-12)20(18,19)13-9-16(2)10-15-13/h4-7,9-10H,3,8,14H2,1-2H3. The van der Waals surface area contributed by atoms with Crippen molar-refractivity contribution in [2.24, 2.45) is 7.05 Å². The molecule has 0 radical (unpaired) electrons. The highest BCUT2D eigenvalue weighted by Crippen LogP contribution is 2.23. The fraction of sp³-hybridized carbons (Fsp3) is 0.308. The lowest BCUT2D eigenvalue weighted by atomic mass is 10.3. The summed E-state index contributed by atoms with van der Waals surface area (Å²) in [5.41, 5.74) is 6.83. The molecule has 0 unspecified atom stereocenters. The van der Waals surface area contributed by atoms with Gasteiger partial charge in [-0.3, -0.25) is 4.31 Å². The van der Waals surface area contributed by atoms with Crippen LogP contribution in [0, 0.1) is 0 Å². The fourth-order valence-electron chi connectivity index (χ4n) is 1.87. The molecule has 7 heteroatoms. The van der Waals surface area contributed by atoms with Gasteiger partial charge in [0.1, 0.15) is 0 Å². The minimum Gasteiger partial charge on any atom is -0.399 e. The van der Waals surface area contributed by atoms with Crippen LogP contribution in [0.25, 0.3) is 0 Å². The summed E-state index contributed by atoms with van der Waals surface area (Å²) in [5.74, 6) is 0. The van der Waals surface area contributed by atoms with Crippen LogP contribution in [-0.2, 0) is 17.1 Å². The Morgan fingerprint density at radius 3 is 2.45 bits per heavy atom.